The van der Waals surface area contributed by atoms with E-state index in [0.29, 0.717) is 31.6 Å². The molecule has 0 saturated heterocycles. The van der Waals surface area contributed by atoms with Crippen LogP contribution >= 0.6 is 0 Å². The summed E-state index contributed by atoms with van der Waals surface area (Å²) in [5, 5.41) is 4.31. The second-order valence-electron chi connectivity index (χ2n) is 7.75. The lowest BCUT2D eigenvalue weighted by Crippen LogP contribution is -2.32. The van der Waals surface area contributed by atoms with Crippen molar-refractivity contribution in [3.8, 4) is 0 Å². The molecule has 1 aliphatic rings. The number of fused-ring (bicyclic) bond motifs is 2. The first-order valence-corrected chi connectivity index (χ1v) is 9.94. The monoisotopic (exact) mass is 378 g/mol. The van der Waals surface area contributed by atoms with E-state index in [1.54, 1.807) is 6.92 Å². The maximum Gasteiger partial charge on any atom is 0.254 e. The standard InChI is InChI=1S/C22H26N4O2/c1-13-3-7-19-18(11-13)16(12-24-19)9-10-23-21(27)15-4-6-17-20(8-5-15)25-14(2)26-22(17)28/h3,7,11-12,15,24H,4-6,8-10H2,1-2H3,(H,23,27)(H,25,26,28). The van der Waals surface area contributed by atoms with E-state index in [4.69, 9.17) is 0 Å². The molecule has 0 radical (unpaired) electrons. The number of nitrogens with one attached hydrogen (secondary N) is 3. The first-order valence-electron chi connectivity index (χ1n) is 9.94. The molecule has 1 aliphatic carbocycles. The number of hydrogen-bond donors (Lipinski definition) is 3. The fraction of sp³-hybridized carbons (Fsp3) is 0.409. The highest BCUT2D eigenvalue weighted by Crippen LogP contribution is 2.22. The molecule has 3 aromatic rings. The maximum atomic E-state index is 12.7. The highest BCUT2D eigenvalue weighted by Gasteiger charge is 2.24. The van der Waals surface area contributed by atoms with Gasteiger partial charge in [0.05, 0.1) is 5.69 Å². The van der Waals surface area contributed by atoms with Crippen LogP contribution in [0.2, 0.25) is 0 Å². The number of aromatic amines is 2. The summed E-state index contributed by atoms with van der Waals surface area (Å²) in [7, 11) is 0. The normalized spacial score (nSPS) is 16.6. The number of benzene rings is 1. The molecule has 1 aromatic carbocycles. The van der Waals surface area contributed by atoms with Gasteiger partial charge >= 0.3 is 0 Å². The van der Waals surface area contributed by atoms with E-state index < -0.39 is 0 Å². The van der Waals surface area contributed by atoms with Crippen molar-refractivity contribution in [1.82, 2.24) is 20.3 Å². The second kappa shape index (κ2) is 7.62. The Bertz CT molecular complexity index is 1080. The SMILES string of the molecule is Cc1ccc2[nH]cc(CCNC(=O)C3CCc4nc(C)[nH]c(=O)c4CC3)c2c1. The van der Waals surface area contributed by atoms with Crippen LogP contribution in [0.15, 0.2) is 29.2 Å². The number of carbonyl (C=O) groups is 1. The van der Waals surface area contributed by atoms with Crippen molar-refractivity contribution in [2.45, 2.75) is 46.0 Å². The van der Waals surface area contributed by atoms with Crippen LogP contribution < -0.4 is 10.9 Å². The number of nitrogens with zero attached hydrogens (tertiary/aromatic N) is 1. The van der Waals surface area contributed by atoms with Gasteiger partial charge in [-0.2, -0.15) is 0 Å². The van der Waals surface area contributed by atoms with Crippen molar-refractivity contribution in [2.75, 3.05) is 6.54 Å². The minimum atomic E-state index is -0.0703. The van der Waals surface area contributed by atoms with Gasteiger partial charge in [-0.3, -0.25) is 9.59 Å². The van der Waals surface area contributed by atoms with Crippen molar-refractivity contribution < 1.29 is 4.79 Å². The highest BCUT2D eigenvalue weighted by atomic mass is 16.2. The molecule has 0 aliphatic heterocycles. The van der Waals surface area contributed by atoms with Crippen molar-refractivity contribution in [1.29, 1.82) is 0 Å². The predicted octanol–water partition coefficient (Wildman–Crippen LogP) is 2.72. The third-order valence-corrected chi connectivity index (χ3v) is 5.68. The number of rotatable bonds is 4. The number of H-pyrrole nitrogens is 2. The van der Waals surface area contributed by atoms with Gasteiger partial charge in [0.2, 0.25) is 5.91 Å². The Kier molecular flexibility index (Phi) is 5.03. The first-order chi connectivity index (χ1) is 13.5. The topological polar surface area (TPSA) is 90.6 Å². The molecule has 0 fully saturated rings. The van der Waals surface area contributed by atoms with Crippen molar-refractivity contribution >= 4 is 16.8 Å². The fourth-order valence-electron chi connectivity index (χ4n) is 4.13. The molecule has 6 heteroatoms. The third-order valence-electron chi connectivity index (χ3n) is 5.68. The molecular formula is C22H26N4O2. The molecular weight excluding hydrogens is 352 g/mol. The van der Waals surface area contributed by atoms with Gasteiger partial charge in [-0.1, -0.05) is 11.6 Å². The predicted molar refractivity (Wildman–Crippen MR) is 109 cm³/mol. The van der Waals surface area contributed by atoms with Crippen molar-refractivity contribution in [3.63, 3.8) is 0 Å². The van der Waals surface area contributed by atoms with E-state index in [0.717, 1.165) is 29.6 Å². The molecule has 2 heterocycles. The van der Waals surface area contributed by atoms with Crippen LogP contribution in [0.3, 0.4) is 0 Å². The Morgan fingerprint density at radius 2 is 2.07 bits per heavy atom. The van der Waals surface area contributed by atoms with E-state index >= 15 is 0 Å². The molecule has 4 rings (SSSR count). The van der Waals surface area contributed by atoms with Crippen LogP contribution in [-0.4, -0.2) is 27.4 Å². The summed E-state index contributed by atoms with van der Waals surface area (Å²) in [6, 6.07) is 6.36. The Morgan fingerprint density at radius 1 is 1.25 bits per heavy atom. The van der Waals surface area contributed by atoms with E-state index in [1.807, 2.05) is 6.20 Å². The minimum Gasteiger partial charge on any atom is -0.361 e. The summed E-state index contributed by atoms with van der Waals surface area (Å²) in [5.41, 5.74) is 5.12. The van der Waals surface area contributed by atoms with Crippen LogP contribution in [0.1, 0.15) is 41.1 Å². The molecule has 0 bridgehead atoms. The number of hydrogen-bond acceptors (Lipinski definition) is 3. The average molecular weight is 378 g/mol. The van der Waals surface area contributed by atoms with Crippen LogP contribution in [0.4, 0.5) is 0 Å². The molecule has 146 valence electrons. The zero-order chi connectivity index (χ0) is 19.7. The Morgan fingerprint density at radius 3 is 2.93 bits per heavy atom. The van der Waals surface area contributed by atoms with Crippen LogP contribution in [0, 0.1) is 19.8 Å². The number of aromatic nitrogens is 3. The fourth-order valence-corrected chi connectivity index (χ4v) is 4.13. The molecule has 3 N–H and O–H groups in total. The lowest BCUT2D eigenvalue weighted by Gasteiger charge is -2.13. The van der Waals surface area contributed by atoms with Gasteiger partial charge in [-0.15, -0.1) is 0 Å². The summed E-state index contributed by atoms with van der Waals surface area (Å²) < 4.78 is 0. The molecule has 0 spiro atoms. The van der Waals surface area contributed by atoms with Gasteiger partial charge in [0.1, 0.15) is 5.82 Å². The van der Waals surface area contributed by atoms with E-state index in [1.165, 1.54) is 16.5 Å². The summed E-state index contributed by atoms with van der Waals surface area (Å²) in [4.78, 5) is 35.4. The largest absolute Gasteiger partial charge is 0.361 e. The van der Waals surface area contributed by atoms with Gasteiger partial charge in [0, 0.05) is 35.1 Å². The average Bonchev–Trinajstić information content (AvgIpc) is 2.91. The summed E-state index contributed by atoms with van der Waals surface area (Å²) >= 11 is 0. The maximum absolute atomic E-state index is 12.7. The number of carbonyl (C=O) groups excluding carboxylic acids is 1. The molecule has 1 amide bonds. The highest BCUT2D eigenvalue weighted by molar-refractivity contribution is 5.84. The first kappa shape index (κ1) is 18.5. The van der Waals surface area contributed by atoms with Gasteiger partial charge in [0.15, 0.2) is 0 Å². The Balaban J connectivity index is 1.36. The second-order valence-corrected chi connectivity index (χ2v) is 7.75. The third kappa shape index (κ3) is 3.72. The summed E-state index contributed by atoms with van der Waals surface area (Å²) in [6.45, 7) is 4.49. The quantitative estimate of drug-likeness (QED) is 0.610. The summed E-state index contributed by atoms with van der Waals surface area (Å²) in [5.74, 6) is 0.650. The van der Waals surface area contributed by atoms with Gasteiger partial charge in [0.25, 0.3) is 5.56 Å². The number of amides is 1. The van der Waals surface area contributed by atoms with E-state index in [9.17, 15) is 9.59 Å². The molecule has 6 nitrogen and oxygen atoms in total. The van der Waals surface area contributed by atoms with Crippen LogP contribution in [0.5, 0.6) is 0 Å². The molecule has 1 atom stereocenters. The Labute approximate surface area is 163 Å². The molecule has 0 saturated carbocycles. The Hall–Kier alpha value is -2.89. The van der Waals surface area contributed by atoms with Gasteiger partial charge < -0.3 is 15.3 Å². The van der Waals surface area contributed by atoms with Crippen LogP contribution in [-0.2, 0) is 24.1 Å². The van der Waals surface area contributed by atoms with E-state index in [2.05, 4.69) is 45.4 Å². The van der Waals surface area contributed by atoms with Crippen molar-refractivity contribution in [2.24, 2.45) is 5.92 Å². The molecule has 28 heavy (non-hydrogen) atoms. The summed E-state index contributed by atoms with van der Waals surface area (Å²) in [6.07, 6.45) is 5.54. The molecule has 2 aromatic heterocycles. The lowest BCUT2D eigenvalue weighted by molar-refractivity contribution is -0.125. The smallest absolute Gasteiger partial charge is 0.254 e. The zero-order valence-electron chi connectivity index (χ0n) is 16.4. The van der Waals surface area contributed by atoms with E-state index in [-0.39, 0.29) is 17.4 Å². The van der Waals surface area contributed by atoms with Crippen molar-refractivity contribution in [3.05, 3.63) is 63.0 Å². The van der Waals surface area contributed by atoms with Crippen LogP contribution in [0.25, 0.3) is 10.9 Å². The lowest BCUT2D eigenvalue weighted by atomic mass is 9.98. The zero-order valence-corrected chi connectivity index (χ0v) is 16.4. The van der Waals surface area contributed by atoms with Gasteiger partial charge in [-0.05, 0) is 63.6 Å². The molecule has 1 unspecified atom stereocenters. The minimum absolute atomic E-state index is 0.0572. The van der Waals surface area contributed by atoms with Gasteiger partial charge in [-0.25, -0.2) is 4.98 Å². The number of aryl methyl sites for hydroxylation is 3.